The van der Waals surface area contributed by atoms with E-state index in [9.17, 15) is 14.9 Å². The molecule has 0 fully saturated rings. The molecule has 2 aromatic carbocycles. The SMILES string of the molecule is CCN(CC)c1nc(-c2cccc(NC(=O)c3cccc([N+](=O)[O-])c3)c2)cs1. The van der Waals surface area contributed by atoms with Crippen molar-refractivity contribution in [2.45, 2.75) is 13.8 Å². The Morgan fingerprint density at radius 3 is 2.64 bits per heavy atom. The molecule has 0 unspecified atom stereocenters. The summed E-state index contributed by atoms with van der Waals surface area (Å²) < 4.78 is 0. The first-order chi connectivity index (χ1) is 13.5. The molecule has 3 aromatic rings. The van der Waals surface area contributed by atoms with Crippen LogP contribution in [0.5, 0.6) is 0 Å². The van der Waals surface area contributed by atoms with Gasteiger partial charge in [-0.2, -0.15) is 0 Å². The quantitative estimate of drug-likeness (QED) is 0.457. The van der Waals surface area contributed by atoms with Gasteiger partial charge in [0.25, 0.3) is 11.6 Å². The van der Waals surface area contributed by atoms with Crippen molar-refractivity contribution >= 4 is 33.8 Å². The van der Waals surface area contributed by atoms with Crippen LogP contribution in [0.25, 0.3) is 11.3 Å². The summed E-state index contributed by atoms with van der Waals surface area (Å²) >= 11 is 1.59. The maximum atomic E-state index is 12.5. The van der Waals surface area contributed by atoms with E-state index in [1.54, 1.807) is 23.5 Å². The first-order valence-electron chi connectivity index (χ1n) is 8.88. The smallest absolute Gasteiger partial charge is 0.270 e. The summed E-state index contributed by atoms with van der Waals surface area (Å²) in [6.07, 6.45) is 0. The Morgan fingerprint density at radius 2 is 1.93 bits per heavy atom. The third-order valence-corrected chi connectivity index (χ3v) is 5.16. The highest BCUT2D eigenvalue weighted by Crippen LogP contribution is 2.29. The van der Waals surface area contributed by atoms with E-state index in [1.165, 1.54) is 18.2 Å². The summed E-state index contributed by atoms with van der Waals surface area (Å²) in [5.41, 5.74) is 2.46. The Hall–Kier alpha value is -3.26. The number of carbonyl (C=O) groups is 1. The van der Waals surface area contributed by atoms with Crippen LogP contribution in [0.1, 0.15) is 24.2 Å². The number of nitrogens with one attached hydrogen (secondary N) is 1. The van der Waals surface area contributed by atoms with Crippen LogP contribution in [0.3, 0.4) is 0 Å². The molecule has 8 heteroatoms. The van der Waals surface area contributed by atoms with E-state index in [-0.39, 0.29) is 11.3 Å². The third-order valence-electron chi connectivity index (χ3n) is 4.26. The van der Waals surface area contributed by atoms with Gasteiger partial charge in [-0.15, -0.1) is 11.3 Å². The number of benzene rings is 2. The average Bonchev–Trinajstić information content (AvgIpc) is 3.19. The van der Waals surface area contributed by atoms with Crippen molar-refractivity contribution in [3.8, 4) is 11.3 Å². The van der Waals surface area contributed by atoms with Gasteiger partial charge in [-0.1, -0.05) is 18.2 Å². The Balaban J connectivity index is 1.79. The van der Waals surface area contributed by atoms with Crippen LogP contribution >= 0.6 is 11.3 Å². The monoisotopic (exact) mass is 396 g/mol. The first-order valence-corrected chi connectivity index (χ1v) is 9.76. The molecule has 0 spiro atoms. The van der Waals surface area contributed by atoms with E-state index in [1.807, 2.05) is 23.6 Å². The predicted molar refractivity (Wildman–Crippen MR) is 112 cm³/mol. The Kier molecular flexibility index (Phi) is 6.00. The molecule has 0 atom stereocenters. The predicted octanol–water partition coefficient (Wildman–Crippen LogP) is 4.82. The zero-order valence-electron chi connectivity index (χ0n) is 15.6. The lowest BCUT2D eigenvalue weighted by atomic mass is 10.1. The van der Waals surface area contributed by atoms with E-state index < -0.39 is 10.8 Å². The number of hydrogen-bond donors (Lipinski definition) is 1. The fraction of sp³-hybridized carbons (Fsp3) is 0.200. The summed E-state index contributed by atoms with van der Waals surface area (Å²) in [4.78, 5) is 29.7. The molecule has 0 saturated carbocycles. The minimum atomic E-state index is -0.521. The number of nitro benzene ring substituents is 1. The standard InChI is InChI=1S/C20H20N4O3S/c1-3-23(4-2)20-22-18(13-28-20)14-7-5-9-16(11-14)21-19(25)15-8-6-10-17(12-15)24(26)27/h5-13H,3-4H2,1-2H3,(H,21,25). The lowest BCUT2D eigenvalue weighted by molar-refractivity contribution is -0.384. The number of rotatable bonds is 7. The van der Waals surface area contributed by atoms with E-state index in [0.29, 0.717) is 5.69 Å². The molecule has 1 N–H and O–H groups in total. The number of anilines is 2. The minimum absolute atomic E-state index is 0.118. The summed E-state index contributed by atoms with van der Waals surface area (Å²) in [5, 5.41) is 16.6. The van der Waals surface area contributed by atoms with Gasteiger partial charge in [0.05, 0.1) is 10.6 Å². The van der Waals surface area contributed by atoms with Crippen molar-refractivity contribution in [3.05, 3.63) is 69.6 Å². The molecule has 0 bridgehead atoms. The number of non-ortho nitro benzene ring substituents is 1. The maximum Gasteiger partial charge on any atom is 0.270 e. The van der Waals surface area contributed by atoms with Crippen LogP contribution in [0.2, 0.25) is 0 Å². The van der Waals surface area contributed by atoms with Gasteiger partial charge >= 0.3 is 0 Å². The summed E-state index contributed by atoms with van der Waals surface area (Å²) in [5.74, 6) is -0.400. The zero-order chi connectivity index (χ0) is 20.1. The zero-order valence-corrected chi connectivity index (χ0v) is 16.4. The summed E-state index contributed by atoms with van der Waals surface area (Å²) in [6.45, 7) is 5.97. The van der Waals surface area contributed by atoms with Crippen molar-refractivity contribution in [3.63, 3.8) is 0 Å². The van der Waals surface area contributed by atoms with Crippen LogP contribution in [-0.2, 0) is 0 Å². The average molecular weight is 396 g/mol. The second-order valence-corrected chi connectivity index (χ2v) is 6.87. The highest BCUT2D eigenvalue weighted by molar-refractivity contribution is 7.14. The molecule has 0 aliphatic heterocycles. The van der Waals surface area contributed by atoms with E-state index in [0.717, 1.165) is 29.5 Å². The van der Waals surface area contributed by atoms with Gasteiger partial charge in [-0.3, -0.25) is 14.9 Å². The molecule has 7 nitrogen and oxygen atoms in total. The number of nitro groups is 1. The second-order valence-electron chi connectivity index (χ2n) is 6.03. The number of thiazole rings is 1. The molecule has 0 aliphatic carbocycles. The fourth-order valence-electron chi connectivity index (χ4n) is 2.76. The second kappa shape index (κ2) is 8.62. The maximum absolute atomic E-state index is 12.5. The van der Waals surface area contributed by atoms with Crippen LogP contribution in [0.4, 0.5) is 16.5 Å². The van der Waals surface area contributed by atoms with Crippen molar-refractivity contribution in [2.75, 3.05) is 23.3 Å². The molecule has 0 saturated heterocycles. The van der Waals surface area contributed by atoms with Gasteiger partial charge < -0.3 is 10.2 Å². The molecule has 28 heavy (non-hydrogen) atoms. The van der Waals surface area contributed by atoms with Crippen LogP contribution < -0.4 is 10.2 Å². The number of hydrogen-bond acceptors (Lipinski definition) is 6. The number of carbonyl (C=O) groups excluding carboxylic acids is 1. The van der Waals surface area contributed by atoms with Gasteiger partial charge in [0, 0.05) is 47.4 Å². The molecule has 0 radical (unpaired) electrons. The van der Waals surface area contributed by atoms with Gasteiger partial charge in [0.1, 0.15) is 0 Å². The summed E-state index contributed by atoms with van der Waals surface area (Å²) in [7, 11) is 0. The molecule has 0 aliphatic rings. The lowest BCUT2D eigenvalue weighted by Crippen LogP contribution is -2.21. The minimum Gasteiger partial charge on any atom is -0.349 e. The normalized spacial score (nSPS) is 10.5. The lowest BCUT2D eigenvalue weighted by Gasteiger charge is -2.16. The largest absolute Gasteiger partial charge is 0.349 e. The van der Waals surface area contributed by atoms with Crippen molar-refractivity contribution in [1.82, 2.24) is 4.98 Å². The van der Waals surface area contributed by atoms with Gasteiger partial charge in [0.2, 0.25) is 0 Å². The van der Waals surface area contributed by atoms with E-state index in [4.69, 9.17) is 0 Å². The highest BCUT2D eigenvalue weighted by atomic mass is 32.1. The molecule has 3 rings (SSSR count). The van der Waals surface area contributed by atoms with E-state index in [2.05, 4.69) is 29.0 Å². The van der Waals surface area contributed by atoms with E-state index >= 15 is 0 Å². The molecule has 1 aromatic heterocycles. The van der Waals surface area contributed by atoms with Crippen LogP contribution in [0, 0.1) is 10.1 Å². The van der Waals surface area contributed by atoms with Gasteiger partial charge in [-0.25, -0.2) is 4.98 Å². The number of amides is 1. The van der Waals surface area contributed by atoms with Crippen molar-refractivity contribution in [1.29, 1.82) is 0 Å². The third kappa shape index (κ3) is 4.34. The summed E-state index contributed by atoms with van der Waals surface area (Å²) in [6, 6.07) is 13.0. The van der Waals surface area contributed by atoms with Crippen molar-refractivity contribution < 1.29 is 9.72 Å². The Morgan fingerprint density at radius 1 is 1.18 bits per heavy atom. The van der Waals surface area contributed by atoms with Gasteiger partial charge in [0.15, 0.2) is 5.13 Å². The first kappa shape index (κ1) is 19.5. The molecular weight excluding hydrogens is 376 g/mol. The molecule has 1 amide bonds. The highest BCUT2D eigenvalue weighted by Gasteiger charge is 2.13. The van der Waals surface area contributed by atoms with Gasteiger partial charge in [-0.05, 0) is 32.0 Å². The molecular formula is C20H20N4O3S. The Bertz CT molecular complexity index is 998. The number of aromatic nitrogens is 1. The van der Waals surface area contributed by atoms with Crippen LogP contribution in [0.15, 0.2) is 53.9 Å². The topological polar surface area (TPSA) is 88.4 Å². The number of nitrogens with zero attached hydrogens (tertiary/aromatic N) is 3. The Labute approximate surface area is 166 Å². The molecule has 144 valence electrons. The molecule has 1 heterocycles. The fourth-order valence-corrected chi connectivity index (χ4v) is 3.72. The van der Waals surface area contributed by atoms with Crippen LogP contribution in [-0.4, -0.2) is 28.9 Å². The van der Waals surface area contributed by atoms with Crippen molar-refractivity contribution in [2.24, 2.45) is 0 Å².